The number of benzene rings is 1. The molecule has 0 radical (unpaired) electrons. The van der Waals surface area contributed by atoms with Crippen molar-refractivity contribution in [2.45, 2.75) is 44.4 Å². The van der Waals surface area contributed by atoms with Gasteiger partial charge in [0.15, 0.2) is 0 Å². The Morgan fingerprint density at radius 3 is 2.88 bits per heavy atom. The molecule has 0 bridgehead atoms. The van der Waals surface area contributed by atoms with Gasteiger partial charge in [0.25, 0.3) is 11.8 Å². The van der Waals surface area contributed by atoms with Crippen LogP contribution < -0.4 is 10.4 Å². The molecule has 4 rings (SSSR count). The first kappa shape index (κ1) is 16.1. The van der Waals surface area contributed by atoms with Gasteiger partial charge in [0.2, 0.25) is 5.84 Å². The van der Waals surface area contributed by atoms with E-state index in [9.17, 15) is 9.59 Å². The minimum atomic E-state index is -0.596. The SMILES string of the molecule is CC1N=C(C(=O)N2CCOC3CCCC32)NN(c2ccccc2)C1=O. The van der Waals surface area contributed by atoms with Crippen LogP contribution in [0.15, 0.2) is 35.3 Å². The third-order valence-electron chi connectivity index (χ3n) is 5.08. The molecular weight excluding hydrogens is 320 g/mol. The molecule has 2 amide bonds. The quantitative estimate of drug-likeness (QED) is 0.874. The lowest BCUT2D eigenvalue weighted by molar-refractivity contribution is -0.137. The number of nitrogens with one attached hydrogen (secondary N) is 1. The second-order valence-electron chi connectivity index (χ2n) is 6.68. The molecule has 3 atom stereocenters. The number of para-hydroxylation sites is 1. The summed E-state index contributed by atoms with van der Waals surface area (Å²) in [6, 6.07) is 8.76. The Labute approximate surface area is 146 Å². The zero-order valence-electron chi connectivity index (χ0n) is 14.2. The number of anilines is 1. The maximum atomic E-state index is 13.1. The van der Waals surface area contributed by atoms with E-state index in [1.807, 2.05) is 35.2 Å². The molecule has 2 aliphatic heterocycles. The molecule has 1 aliphatic carbocycles. The van der Waals surface area contributed by atoms with Crippen molar-refractivity contribution < 1.29 is 14.3 Å². The van der Waals surface area contributed by atoms with E-state index in [0.29, 0.717) is 18.8 Å². The van der Waals surface area contributed by atoms with Crippen molar-refractivity contribution in [1.29, 1.82) is 0 Å². The summed E-state index contributed by atoms with van der Waals surface area (Å²) in [5.41, 5.74) is 3.62. The van der Waals surface area contributed by atoms with Gasteiger partial charge in [0, 0.05) is 6.54 Å². The van der Waals surface area contributed by atoms with Gasteiger partial charge in [0.1, 0.15) is 6.04 Å². The summed E-state index contributed by atoms with van der Waals surface area (Å²) in [6.45, 7) is 2.83. The number of nitrogens with zero attached hydrogens (tertiary/aromatic N) is 3. The molecule has 2 heterocycles. The number of hydrogen-bond donors (Lipinski definition) is 1. The monoisotopic (exact) mass is 342 g/mol. The van der Waals surface area contributed by atoms with E-state index in [2.05, 4.69) is 10.4 Å². The van der Waals surface area contributed by atoms with Crippen molar-refractivity contribution in [3.8, 4) is 0 Å². The zero-order valence-corrected chi connectivity index (χ0v) is 14.2. The van der Waals surface area contributed by atoms with Gasteiger partial charge in [-0.15, -0.1) is 0 Å². The number of hydrazine groups is 1. The fourth-order valence-electron chi connectivity index (χ4n) is 3.81. The number of ether oxygens (including phenoxy) is 1. The molecule has 0 aromatic heterocycles. The molecular formula is C18H22N4O3. The van der Waals surface area contributed by atoms with Crippen molar-refractivity contribution in [3.05, 3.63) is 30.3 Å². The fraction of sp³-hybridized carbons (Fsp3) is 0.500. The van der Waals surface area contributed by atoms with Crippen LogP contribution in [0.2, 0.25) is 0 Å². The molecule has 2 fully saturated rings. The first-order valence-corrected chi connectivity index (χ1v) is 8.81. The highest BCUT2D eigenvalue weighted by Crippen LogP contribution is 2.30. The zero-order chi connectivity index (χ0) is 17.4. The molecule has 7 heteroatoms. The molecule has 25 heavy (non-hydrogen) atoms. The van der Waals surface area contributed by atoms with Gasteiger partial charge >= 0.3 is 0 Å². The summed E-state index contributed by atoms with van der Waals surface area (Å²) < 4.78 is 5.78. The van der Waals surface area contributed by atoms with Gasteiger partial charge in [0.05, 0.1) is 24.4 Å². The summed E-state index contributed by atoms with van der Waals surface area (Å²) >= 11 is 0. The predicted molar refractivity (Wildman–Crippen MR) is 93.1 cm³/mol. The van der Waals surface area contributed by atoms with Crippen LogP contribution in [-0.4, -0.2) is 53.9 Å². The Morgan fingerprint density at radius 2 is 2.08 bits per heavy atom. The molecule has 3 unspecified atom stereocenters. The first-order chi connectivity index (χ1) is 12.1. The standard InChI is InChI=1S/C18H22N4O3/c1-12-17(23)22(13-6-3-2-4-7-13)20-16(19-12)18(24)21-10-11-25-15-9-5-8-14(15)21/h2-4,6-7,12,14-15H,5,8-11H2,1H3,(H,19,20). The highest BCUT2D eigenvalue weighted by molar-refractivity contribution is 6.39. The lowest BCUT2D eigenvalue weighted by Gasteiger charge is -2.39. The minimum Gasteiger partial charge on any atom is -0.374 e. The van der Waals surface area contributed by atoms with Crippen LogP contribution in [0, 0.1) is 0 Å². The van der Waals surface area contributed by atoms with Gasteiger partial charge in [-0.25, -0.2) is 10.0 Å². The Hall–Kier alpha value is -2.41. The van der Waals surface area contributed by atoms with E-state index >= 15 is 0 Å². The van der Waals surface area contributed by atoms with Crippen molar-refractivity contribution in [1.82, 2.24) is 10.3 Å². The van der Waals surface area contributed by atoms with E-state index in [0.717, 1.165) is 19.3 Å². The molecule has 1 N–H and O–H groups in total. The lowest BCUT2D eigenvalue weighted by atomic mass is 10.1. The normalized spacial score (nSPS) is 29.1. The Kier molecular flexibility index (Phi) is 4.17. The summed E-state index contributed by atoms with van der Waals surface area (Å²) in [6.07, 6.45) is 3.16. The maximum Gasteiger partial charge on any atom is 0.291 e. The number of carbonyl (C=O) groups is 2. The molecule has 3 aliphatic rings. The number of hydrogen-bond acceptors (Lipinski definition) is 5. The highest BCUT2D eigenvalue weighted by atomic mass is 16.5. The van der Waals surface area contributed by atoms with Crippen molar-refractivity contribution in [2.75, 3.05) is 18.2 Å². The fourth-order valence-corrected chi connectivity index (χ4v) is 3.81. The minimum absolute atomic E-state index is 0.115. The molecule has 132 valence electrons. The molecule has 1 saturated carbocycles. The molecule has 7 nitrogen and oxygen atoms in total. The Morgan fingerprint density at radius 1 is 1.28 bits per heavy atom. The van der Waals surface area contributed by atoms with E-state index in [1.54, 1.807) is 6.92 Å². The number of amidine groups is 1. The van der Waals surface area contributed by atoms with Gasteiger partial charge in [-0.05, 0) is 38.3 Å². The molecule has 0 spiro atoms. The second-order valence-corrected chi connectivity index (χ2v) is 6.68. The van der Waals surface area contributed by atoms with Crippen LogP contribution in [-0.2, 0) is 14.3 Å². The topological polar surface area (TPSA) is 74.2 Å². The summed E-state index contributed by atoms with van der Waals surface area (Å²) in [4.78, 5) is 31.7. The molecule has 1 saturated heterocycles. The van der Waals surface area contributed by atoms with Gasteiger partial charge in [-0.3, -0.25) is 15.0 Å². The second kappa shape index (κ2) is 6.48. The number of fused-ring (bicyclic) bond motifs is 1. The van der Waals surface area contributed by atoms with Crippen LogP contribution in [0.3, 0.4) is 0 Å². The third kappa shape index (κ3) is 2.89. The Bertz CT molecular complexity index is 706. The van der Waals surface area contributed by atoms with E-state index in [-0.39, 0.29) is 29.8 Å². The number of morpholine rings is 1. The predicted octanol–water partition coefficient (Wildman–Crippen LogP) is 1.10. The summed E-state index contributed by atoms with van der Waals surface area (Å²) in [7, 11) is 0. The van der Waals surface area contributed by atoms with E-state index in [4.69, 9.17) is 4.74 Å². The molecule has 1 aromatic rings. The van der Waals surface area contributed by atoms with Crippen molar-refractivity contribution in [2.24, 2.45) is 4.99 Å². The lowest BCUT2D eigenvalue weighted by Crippen LogP contribution is -2.61. The summed E-state index contributed by atoms with van der Waals surface area (Å²) in [5.74, 6) is -0.104. The smallest absolute Gasteiger partial charge is 0.291 e. The van der Waals surface area contributed by atoms with Gasteiger partial charge in [-0.1, -0.05) is 18.2 Å². The average Bonchev–Trinajstić information content (AvgIpc) is 3.12. The Balaban J connectivity index is 1.58. The largest absolute Gasteiger partial charge is 0.374 e. The average molecular weight is 342 g/mol. The number of amides is 2. The molecule has 1 aromatic carbocycles. The first-order valence-electron chi connectivity index (χ1n) is 8.81. The van der Waals surface area contributed by atoms with E-state index < -0.39 is 6.04 Å². The maximum absolute atomic E-state index is 13.1. The van der Waals surface area contributed by atoms with Gasteiger partial charge < -0.3 is 9.64 Å². The van der Waals surface area contributed by atoms with Crippen LogP contribution in [0.1, 0.15) is 26.2 Å². The number of aliphatic imine (C=N–C) groups is 1. The summed E-state index contributed by atoms with van der Waals surface area (Å²) in [5, 5.41) is 1.41. The van der Waals surface area contributed by atoms with Crippen molar-refractivity contribution >= 4 is 23.3 Å². The number of rotatable bonds is 2. The number of carbonyl (C=O) groups excluding carboxylic acids is 2. The highest BCUT2D eigenvalue weighted by Gasteiger charge is 2.41. The van der Waals surface area contributed by atoms with Gasteiger partial charge in [-0.2, -0.15) is 0 Å². The van der Waals surface area contributed by atoms with Crippen LogP contribution in [0.5, 0.6) is 0 Å². The third-order valence-corrected chi connectivity index (χ3v) is 5.08. The van der Waals surface area contributed by atoms with Crippen molar-refractivity contribution in [3.63, 3.8) is 0 Å². The van der Waals surface area contributed by atoms with Crippen LogP contribution in [0.25, 0.3) is 0 Å². The van der Waals surface area contributed by atoms with Crippen LogP contribution >= 0.6 is 0 Å². The van der Waals surface area contributed by atoms with E-state index in [1.165, 1.54) is 5.01 Å². The van der Waals surface area contributed by atoms with Crippen LogP contribution in [0.4, 0.5) is 5.69 Å².